The first-order valence-electron chi connectivity index (χ1n) is 8.26. The predicted octanol–water partition coefficient (Wildman–Crippen LogP) is 1.95. The summed E-state index contributed by atoms with van der Waals surface area (Å²) < 4.78 is 5.59. The maximum Gasteiger partial charge on any atom is 0.287 e. The number of ether oxygens (including phenoxy) is 1. The summed E-state index contributed by atoms with van der Waals surface area (Å²) in [6, 6.07) is 7.46. The molecule has 0 aliphatic rings. The fraction of sp³-hybridized carbons (Fsp3) is 0.278. The van der Waals surface area contributed by atoms with Gasteiger partial charge in [-0.25, -0.2) is 4.98 Å². The number of thiophene rings is 1. The zero-order valence-electron chi connectivity index (χ0n) is 14.4. The van der Waals surface area contributed by atoms with Gasteiger partial charge in [-0.1, -0.05) is 12.1 Å². The van der Waals surface area contributed by atoms with Gasteiger partial charge in [-0.3, -0.25) is 9.59 Å². The molecule has 0 saturated carbocycles. The lowest BCUT2D eigenvalue weighted by atomic mass is 10.2. The van der Waals surface area contributed by atoms with Gasteiger partial charge in [0, 0.05) is 6.54 Å². The van der Waals surface area contributed by atoms with E-state index in [2.05, 4.69) is 15.3 Å². The minimum Gasteiger partial charge on any atom is -0.494 e. The molecule has 2 aromatic heterocycles. The molecule has 1 aromatic carbocycles. The molecular weight excluding hydrogens is 352 g/mol. The molecular formula is C18H20N4O3S. The molecule has 0 aliphatic heterocycles. The average molecular weight is 372 g/mol. The first-order chi connectivity index (χ1) is 12.6. The first kappa shape index (κ1) is 18.1. The number of aryl methyl sites for hydroxylation is 1. The van der Waals surface area contributed by atoms with Crippen LogP contribution in [0.15, 0.2) is 34.4 Å². The minimum absolute atomic E-state index is 0.0136. The molecule has 0 saturated heterocycles. The second kappa shape index (κ2) is 8.11. The molecule has 0 bridgehead atoms. The summed E-state index contributed by atoms with van der Waals surface area (Å²) in [5.74, 6) is 0.316. The van der Waals surface area contributed by atoms with Crippen molar-refractivity contribution in [3.63, 3.8) is 0 Å². The van der Waals surface area contributed by atoms with Crippen LogP contribution >= 0.6 is 11.3 Å². The van der Waals surface area contributed by atoms with Gasteiger partial charge in [-0.2, -0.15) is 0 Å². The molecule has 0 aliphatic carbocycles. The summed E-state index contributed by atoms with van der Waals surface area (Å²) >= 11 is 1.35. The van der Waals surface area contributed by atoms with Crippen LogP contribution in [0.3, 0.4) is 0 Å². The lowest BCUT2D eigenvalue weighted by Gasteiger charge is -2.08. The van der Waals surface area contributed by atoms with E-state index in [0.717, 1.165) is 23.3 Å². The maximum atomic E-state index is 12.3. The molecule has 0 unspecified atom stereocenters. The number of carbonyl (C=O) groups is 1. The minimum atomic E-state index is -0.426. The Morgan fingerprint density at radius 1 is 1.42 bits per heavy atom. The van der Waals surface area contributed by atoms with Crippen molar-refractivity contribution in [2.45, 2.75) is 19.9 Å². The van der Waals surface area contributed by atoms with Gasteiger partial charge in [0.05, 0.1) is 12.0 Å². The number of nitrogens with two attached hydrogens (primary N) is 1. The topological polar surface area (TPSA) is 110 Å². The molecule has 0 fully saturated rings. The Hall–Kier alpha value is -2.71. The average Bonchev–Trinajstić information content (AvgIpc) is 3.02. The fourth-order valence-electron chi connectivity index (χ4n) is 2.48. The first-order valence-corrected chi connectivity index (χ1v) is 9.14. The third kappa shape index (κ3) is 4.09. The predicted molar refractivity (Wildman–Crippen MR) is 102 cm³/mol. The van der Waals surface area contributed by atoms with Crippen molar-refractivity contribution in [1.29, 1.82) is 0 Å². The third-order valence-corrected chi connectivity index (χ3v) is 4.80. The molecule has 0 atom stereocenters. The van der Waals surface area contributed by atoms with Crippen molar-refractivity contribution in [2.75, 3.05) is 13.2 Å². The summed E-state index contributed by atoms with van der Waals surface area (Å²) in [5.41, 5.74) is 6.90. The van der Waals surface area contributed by atoms with Gasteiger partial charge in [-0.05, 0) is 48.5 Å². The van der Waals surface area contributed by atoms with Gasteiger partial charge in [0.2, 0.25) is 5.82 Å². The molecule has 7 nitrogen and oxygen atoms in total. The highest BCUT2D eigenvalue weighted by atomic mass is 32.1. The second-order valence-corrected chi connectivity index (χ2v) is 6.69. The van der Waals surface area contributed by atoms with Crippen LogP contribution in [-0.4, -0.2) is 29.0 Å². The van der Waals surface area contributed by atoms with E-state index in [4.69, 9.17) is 10.5 Å². The number of aromatic nitrogens is 2. The molecule has 0 spiro atoms. The van der Waals surface area contributed by atoms with E-state index in [-0.39, 0.29) is 11.4 Å². The summed E-state index contributed by atoms with van der Waals surface area (Å²) in [5, 5.41) is 5.15. The number of amides is 1. The van der Waals surface area contributed by atoms with Crippen molar-refractivity contribution in [3.8, 4) is 5.75 Å². The molecule has 3 rings (SSSR count). The van der Waals surface area contributed by atoms with Crippen molar-refractivity contribution >= 4 is 27.5 Å². The standard InChI is InChI=1S/C18H20N4O3S/c1-11-10-26-18-14(11)16(23)21-15(22-18)17(24)20-9-12-4-2-5-13(8-12)25-7-3-6-19/h2,4-5,8,10H,3,6-7,9,19H2,1H3,(H,20,24)(H,21,22,23). The highest BCUT2D eigenvalue weighted by Gasteiger charge is 2.13. The summed E-state index contributed by atoms with van der Waals surface area (Å²) in [6.07, 6.45) is 0.782. The Labute approximate surface area is 154 Å². The summed E-state index contributed by atoms with van der Waals surface area (Å²) in [6.45, 7) is 3.28. The van der Waals surface area contributed by atoms with Crippen LogP contribution in [0.5, 0.6) is 5.75 Å². The zero-order valence-corrected chi connectivity index (χ0v) is 15.2. The smallest absolute Gasteiger partial charge is 0.287 e. The molecule has 4 N–H and O–H groups in total. The second-order valence-electron chi connectivity index (χ2n) is 5.83. The van der Waals surface area contributed by atoms with Crippen LogP contribution in [-0.2, 0) is 6.54 Å². The number of nitrogens with one attached hydrogen (secondary N) is 2. The molecule has 8 heteroatoms. The summed E-state index contributed by atoms with van der Waals surface area (Å²) in [4.78, 5) is 31.8. The summed E-state index contributed by atoms with van der Waals surface area (Å²) in [7, 11) is 0. The van der Waals surface area contributed by atoms with Crippen LogP contribution in [0.25, 0.3) is 10.2 Å². The Bertz CT molecular complexity index is 980. The van der Waals surface area contributed by atoms with Crippen LogP contribution in [0.2, 0.25) is 0 Å². The Morgan fingerprint density at radius 2 is 2.27 bits per heavy atom. The van der Waals surface area contributed by atoms with Crippen molar-refractivity contribution in [1.82, 2.24) is 15.3 Å². The van der Waals surface area contributed by atoms with Gasteiger partial charge in [-0.15, -0.1) is 11.3 Å². The number of hydrogen-bond donors (Lipinski definition) is 3. The van der Waals surface area contributed by atoms with Gasteiger partial charge in [0.15, 0.2) is 0 Å². The fourth-order valence-corrected chi connectivity index (χ4v) is 3.40. The van der Waals surface area contributed by atoms with Crippen molar-refractivity contribution in [3.05, 3.63) is 57.0 Å². The largest absolute Gasteiger partial charge is 0.494 e. The monoisotopic (exact) mass is 372 g/mol. The van der Waals surface area contributed by atoms with E-state index in [1.165, 1.54) is 11.3 Å². The third-order valence-electron chi connectivity index (χ3n) is 3.81. The van der Waals surface area contributed by atoms with E-state index in [1.54, 1.807) is 0 Å². The molecule has 26 heavy (non-hydrogen) atoms. The van der Waals surface area contributed by atoms with E-state index >= 15 is 0 Å². The van der Waals surface area contributed by atoms with Gasteiger partial charge in [0.1, 0.15) is 10.6 Å². The van der Waals surface area contributed by atoms with E-state index in [0.29, 0.717) is 29.9 Å². The van der Waals surface area contributed by atoms with Crippen LogP contribution in [0.4, 0.5) is 0 Å². The van der Waals surface area contributed by atoms with E-state index < -0.39 is 5.91 Å². The van der Waals surface area contributed by atoms with Crippen molar-refractivity contribution in [2.24, 2.45) is 5.73 Å². The van der Waals surface area contributed by atoms with Gasteiger partial charge in [0.25, 0.3) is 11.5 Å². The van der Waals surface area contributed by atoms with E-state index in [9.17, 15) is 9.59 Å². The molecule has 136 valence electrons. The van der Waals surface area contributed by atoms with Crippen LogP contribution < -0.4 is 21.3 Å². The number of H-pyrrole nitrogens is 1. The quantitative estimate of drug-likeness (QED) is 0.549. The van der Waals surface area contributed by atoms with Gasteiger partial charge < -0.3 is 20.8 Å². The van der Waals surface area contributed by atoms with Crippen LogP contribution in [0.1, 0.15) is 28.2 Å². The van der Waals surface area contributed by atoms with E-state index in [1.807, 2.05) is 36.6 Å². The number of aromatic amines is 1. The Morgan fingerprint density at radius 3 is 3.08 bits per heavy atom. The lowest BCUT2D eigenvalue weighted by Crippen LogP contribution is -2.27. The molecule has 1 amide bonds. The highest BCUT2D eigenvalue weighted by molar-refractivity contribution is 7.16. The van der Waals surface area contributed by atoms with Gasteiger partial charge >= 0.3 is 0 Å². The number of rotatable bonds is 7. The number of carbonyl (C=O) groups excluding carboxylic acids is 1. The Kier molecular flexibility index (Phi) is 5.65. The SMILES string of the molecule is Cc1csc2nc(C(=O)NCc3cccc(OCCCN)c3)[nH]c(=O)c12. The number of fused-ring (bicyclic) bond motifs is 1. The Balaban J connectivity index is 1.67. The number of hydrogen-bond acceptors (Lipinski definition) is 6. The zero-order chi connectivity index (χ0) is 18.5. The number of benzene rings is 1. The molecule has 3 aromatic rings. The maximum absolute atomic E-state index is 12.3. The number of nitrogens with zero attached hydrogens (tertiary/aromatic N) is 1. The van der Waals surface area contributed by atoms with Crippen LogP contribution in [0, 0.1) is 6.92 Å². The lowest BCUT2D eigenvalue weighted by molar-refractivity contribution is 0.0940. The molecule has 2 heterocycles. The molecule has 0 radical (unpaired) electrons. The normalized spacial score (nSPS) is 10.8. The highest BCUT2D eigenvalue weighted by Crippen LogP contribution is 2.19. The van der Waals surface area contributed by atoms with Crippen molar-refractivity contribution < 1.29 is 9.53 Å².